The molecule has 13 heterocycles. The minimum Gasteiger partial charge on any atom is -0.486 e. The Labute approximate surface area is 507 Å². The van der Waals surface area contributed by atoms with Crippen molar-refractivity contribution >= 4 is 91.4 Å². The Morgan fingerprint density at radius 3 is 1.30 bits per heavy atom. The summed E-state index contributed by atoms with van der Waals surface area (Å²) in [6.45, 7) is 17.3. The third kappa shape index (κ3) is 9.06. The molecule has 8 aromatic rings. The number of unbranched alkanes of at least 4 members (excludes halogenated alkanes) is 1. The number of hydrogen-bond acceptors (Lipinski definition) is 20. The van der Waals surface area contributed by atoms with E-state index in [9.17, 15) is 9.90 Å². The van der Waals surface area contributed by atoms with Gasteiger partial charge in [-0.25, -0.2) is 4.85 Å². The smallest absolute Gasteiger partial charge is 0.333 e. The van der Waals surface area contributed by atoms with E-state index in [1.54, 1.807) is 34.0 Å². The Kier molecular flexibility index (Phi) is 14.2. The standard InChI is InChI=1S/C62H54N2O14S6/c1-4-6-9-31(5-2)30-64-36-11-8-7-10-32(36)12-13-33-28-34(14-15-37(33)64)51-41-42(70-19-18-69-41)54(80-51)55-45-46(74-23-22-73-45)58(82-55)59-49-50(78-27-26-77-49)61(84-59)60-48-47(75-24-25-76-48)57(83-60)56-44-43(71-20-21-72-44)53(81-56)52-40-39(67-16-17-68-40)38(79-52)29-35(63-3)62(65)66/h7-8,10-11,14-15,28-29,31H,4-6,9,12-13,16-27,30H2,1-2H3,(H,65,66)/b35-29-. The SMILES string of the molecule is [C-]#[N+]/C(=C\c1sc(-c2sc(-c3sc(-c4sc(-c5sc(-c6sc(-c7ccc8c(c7)CCc7ccccc7N8CC(CC)CCCC)c7c6OCCO7)c6c5OCCO6)c5c4OCCO5)c4c3OCCO4)c3c2OCCO3)c2c1OCCO2)C(=O)O. The summed E-state index contributed by atoms with van der Waals surface area (Å²) < 4.78 is 78.0. The number of benzene rings is 2. The second-order valence-electron chi connectivity index (χ2n) is 20.7. The van der Waals surface area contributed by atoms with Crippen LogP contribution in [0.25, 0.3) is 70.1 Å². The van der Waals surface area contributed by atoms with Crippen LogP contribution in [0.15, 0.2) is 48.2 Å². The second kappa shape index (κ2) is 22.3. The van der Waals surface area contributed by atoms with Crippen LogP contribution in [0.2, 0.25) is 0 Å². The van der Waals surface area contributed by atoms with Gasteiger partial charge in [-0.15, -0.1) is 68.0 Å². The number of para-hydroxylation sites is 1. The number of rotatable bonds is 14. The van der Waals surface area contributed by atoms with Gasteiger partial charge in [0, 0.05) is 17.9 Å². The normalized spacial score (nSPS) is 16.5. The summed E-state index contributed by atoms with van der Waals surface area (Å²) in [5, 5.41) is 9.77. The summed E-state index contributed by atoms with van der Waals surface area (Å²) in [6.07, 6.45) is 8.00. The lowest BCUT2D eigenvalue weighted by Gasteiger charge is -2.31. The topological polar surface area (TPSA) is 156 Å². The van der Waals surface area contributed by atoms with E-state index in [0.717, 1.165) is 81.0 Å². The predicted molar refractivity (Wildman–Crippen MR) is 329 cm³/mol. The van der Waals surface area contributed by atoms with E-state index in [1.807, 2.05) is 0 Å². The molecule has 0 saturated carbocycles. The maximum atomic E-state index is 12.0. The summed E-state index contributed by atoms with van der Waals surface area (Å²) in [4.78, 5) is 27.3. The van der Waals surface area contributed by atoms with Crippen molar-refractivity contribution in [3.05, 3.63) is 75.6 Å². The zero-order valence-corrected chi connectivity index (χ0v) is 50.6. The molecule has 0 aliphatic carbocycles. The molecule has 1 atom stereocenters. The lowest BCUT2D eigenvalue weighted by Crippen LogP contribution is -2.26. The highest BCUT2D eigenvalue weighted by Gasteiger charge is 2.41. The minimum atomic E-state index is -1.33. The summed E-state index contributed by atoms with van der Waals surface area (Å²) in [5.41, 5.74) is 5.94. The molecule has 84 heavy (non-hydrogen) atoms. The Balaban J connectivity index is 0.824. The Hall–Kier alpha value is -7.26. The first-order valence-corrected chi connectivity index (χ1v) is 33.1. The Bertz CT molecular complexity index is 4000. The summed E-state index contributed by atoms with van der Waals surface area (Å²) >= 11 is 9.02. The van der Waals surface area contributed by atoms with Gasteiger partial charge in [-0.2, -0.15) is 0 Å². The van der Waals surface area contributed by atoms with Crippen LogP contribution in [0.1, 0.15) is 55.5 Å². The maximum absolute atomic E-state index is 12.0. The van der Waals surface area contributed by atoms with Crippen molar-refractivity contribution in [2.24, 2.45) is 5.92 Å². The van der Waals surface area contributed by atoms with Crippen molar-refractivity contribution in [2.45, 2.75) is 52.4 Å². The maximum Gasteiger partial charge on any atom is 0.333 e. The van der Waals surface area contributed by atoms with Gasteiger partial charge >= 0.3 is 5.97 Å². The van der Waals surface area contributed by atoms with Gasteiger partial charge in [0.15, 0.2) is 69.0 Å². The molecule has 0 fully saturated rings. The highest BCUT2D eigenvalue weighted by molar-refractivity contribution is 7.32. The number of carbonyl (C=O) groups is 1. The summed E-state index contributed by atoms with van der Waals surface area (Å²) in [6, 6.07) is 15.9. The number of anilines is 2. The lowest BCUT2D eigenvalue weighted by molar-refractivity contribution is -0.132. The zero-order chi connectivity index (χ0) is 56.6. The number of carboxylic acids is 1. The number of thiophene rings is 6. The van der Waals surface area contributed by atoms with Crippen molar-refractivity contribution in [2.75, 3.05) is 90.7 Å². The van der Waals surface area contributed by atoms with E-state index < -0.39 is 11.7 Å². The van der Waals surface area contributed by atoms with Gasteiger partial charge < -0.3 is 66.8 Å². The van der Waals surface area contributed by atoms with Crippen LogP contribution in [-0.2, 0) is 17.6 Å². The van der Waals surface area contributed by atoms with Gasteiger partial charge in [-0.3, -0.25) is 4.79 Å². The largest absolute Gasteiger partial charge is 0.486 e. The minimum absolute atomic E-state index is 0.270. The molecule has 0 radical (unpaired) electrons. The van der Waals surface area contributed by atoms with E-state index in [-0.39, 0.29) is 13.2 Å². The monoisotopic (exact) mass is 1240 g/mol. The number of aryl methyl sites for hydroxylation is 2. The summed E-state index contributed by atoms with van der Waals surface area (Å²) in [7, 11) is 0. The average molecular weight is 1240 g/mol. The van der Waals surface area contributed by atoms with Gasteiger partial charge in [0.05, 0.1) is 65.1 Å². The number of carboxylic acid groups (broad SMARTS) is 1. The molecule has 6 aromatic heterocycles. The second-order valence-corrected chi connectivity index (χ2v) is 26.8. The fraction of sp³-hybridized carbons (Fsp3) is 0.355. The van der Waals surface area contributed by atoms with Crippen LogP contribution in [0.4, 0.5) is 11.4 Å². The molecule has 0 saturated heterocycles. The highest BCUT2D eigenvalue weighted by atomic mass is 32.1. The average Bonchev–Trinajstić information content (AvgIpc) is 2.82. The molecule has 0 bridgehead atoms. The van der Waals surface area contributed by atoms with Gasteiger partial charge in [-0.1, -0.05) is 57.4 Å². The zero-order valence-electron chi connectivity index (χ0n) is 45.7. The third-order valence-corrected chi connectivity index (χ3v) is 23.4. The van der Waals surface area contributed by atoms with Crippen LogP contribution in [0.5, 0.6) is 69.0 Å². The number of fused-ring (bicyclic) bond motifs is 8. The van der Waals surface area contributed by atoms with Gasteiger partial charge in [0.2, 0.25) is 0 Å². The Morgan fingerprint density at radius 1 is 0.512 bits per heavy atom. The van der Waals surface area contributed by atoms with Crippen molar-refractivity contribution in [1.82, 2.24) is 0 Å². The first kappa shape index (κ1) is 53.5. The Morgan fingerprint density at radius 2 is 0.881 bits per heavy atom. The molecular weight excluding hydrogens is 1190 g/mol. The van der Waals surface area contributed by atoms with Gasteiger partial charge in [0.25, 0.3) is 5.70 Å². The molecule has 7 aliphatic heterocycles. The van der Waals surface area contributed by atoms with Crippen molar-refractivity contribution in [3.63, 3.8) is 0 Å². The van der Waals surface area contributed by atoms with E-state index in [0.29, 0.717) is 150 Å². The van der Waals surface area contributed by atoms with E-state index >= 15 is 0 Å². The summed E-state index contributed by atoms with van der Waals surface area (Å²) in [5.74, 6) is 6.29. The van der Waals surface area contributed by atoms with Crippen molar-refractivity contribution < 1.29 is 66.7 Å². The highest BCUT2D eigenvalue weighted by Crippen LogP contribution is 2.69. The number of ether oxygens (including phenoxy) is 12. The molecule has 7 aliphatic rings. The molecule has 16 nitrogen and oxygen atoms in total. The van der Waals surface area contributed by atoms with Crippen LogP contribution in [0.3, 0.4) is 0 Å². The van der Waals surface area contributed by atoms with Crippen LogP contribution in [0, 0.1) is 12.5 Å². The third-order valence-electron chi connectivity index (χ3n) is 15.6. The van der Waals surface area contributed by atoms with Crippen molar-refractivity contribution in [3.8, 4) is 128 Å². The van der Waals surface area contributed by atoms with E-state index in [4.69, 9.17) is 63.4 Å². The first-order valence-electron chi connectivity index (χ1n) is 28.2. The number of nitrogens with zero attached hydrogens (tertiary/aromatic N) is 2. The molecule has 1 unspecified atom stereocenters. The van der Waals surface area contributed by atoms with E-state index in [1.165, 1.54) is 81.9 Å². The molecular formula is C62H54N2O14S6. The first-order chi connectivity index (χ1) is 41.4. The fourth-order valence-corrected chi connectivity index (χ4v) is 19.4. The fourth-order valence-electron chi connectivity index (χ4n) is 11.7. The van der Waals surface area contributed by atoms with Crippen LogP contribution in [-0.4, -0.2) is 96.9 Å². The number of aliphatic carboxylic acids is 1. The molecule has 0 spiro atoms. The lowest BCUT2D eigenvalue weighted by atomic mass is 9.97. The molecule has 22 heteroatoms. The van der Waals surface area contributed by atoms with Crippen LogP contribution < -0.4 is 61.7 Å². The molecule has 1 N–H and O–H groups in total. The molecule has 15 rings (SSSR count). The molecule has 432 valence electrons. The molecule has 2 aromatic carbocycles. The predicted octanol–water partition coefficient (Wildman–Crippen LogP) is 15.5. The van der Waals surface area contributed by atoms with E-state index in [2.05, 4.69) is 66.1 Å². The van der Waals surface area contributed by atoms with Crippen molar-refractivity contribution in [1.29, 1.82) is 0 Å². The van der Waals surface area contributed by atoms with Crippen LogP contribution >= 0.6 is 68.0 Å². The van der Waals surface area contributed by atoms with Gasteiger partial charge in [0.1, 0.15) is 79.3 Å². The van der Waals surface area contributed by atoms with Gasteiger partial charge in [-0.05, 0) is 66.1 Å². The molecule has 0 amide bonds. The number of hydrogen-bond donors (Lipinski definition) is 1. The quantitative estimate of drug-likeness (QED) is 0.0810.